The smallest absolute Gasteiger partial charge is 0.351 e. The van der Waals surface area contributed by atoms with Crippen molar-refractivity contribution in [2.24, 2.45) is 0 Å². The van der Waals surface area contributed by atoms with Crippen LogP contribution < -0.4 is 21.4 Å². The van der Waals surface area contributed by atoms with Crippen molar-refractivity contribution in [1.29, 1.82) is 0 Å². The van der Waals surface area contributed by atoms with E-state index in [9.17, 15) is 13.7 Å². The summed E-state index contributed by atoms with van der Waals surface area (Å²) in [5, 5.41) is 10.3. The molecule has 5 rings (SSSR count). The fourth-order valence-corrected chi connectivity index (χ4v) is 5.89. The number of hydrogen-bond donors (Lipinski definition) is 4. The lowest BCUT2D eigenvalue weighted by Crippen LogP contribution is -2.35. The molecular formula is C30H34F3N8OS+. The molecule has 0 saturated carbocycles. The maximum Gasteiger partial charge on any atom is 0.362 e. The van der Waals surface area contributed by atoms with Gasteiger partial charge in [0.15, 0.2) is 10.7 Å². The number of hydrazine groups is 1. The van der Waals surface area contributed by atoms with E-state index < -0.39 is 23.1 Å². The van der Waals surface area contributed by atoms with E-state index in [2.05, 4.69) is 26.4 Å². The Hall–Kier alpha value is -3.94. The van der Waals surface area contributed by atoms with Crippen LogP contribution in [-0.4, -0.2) is 46.0 Å². The third-order valence-electron chi connectivity index (χ3n) is 6.97. The van der Waals surface area contributed by atoms with Crippen LogP contribution in [0.25, 0.3) is 21.8 Å². The van der Waals surface area contributed by atoms with E-state index in [4.69, 9.17) is 9.97 Å². The Morgan fingerprint density at radius 3 is 2.47 bits per heavy atom. The Bertz CT molecular complexity index is 1610. The predicted molar refractivity (Wildman–Crippen MR) is 163 cm³/mol. The van der Waals surface area contributed by atoms with Gasteiger partial charge in [-0.15, -0.1) is 16.8 Å². The van der Waals surface area contributed by atoms with Gasteiger partial charge >= 0.3 is 5.69 Å². The van der Waals surface area contributed by atoms with Gasteiger partial charge < -0.3 is 16.0 Å². The van der Waals surface area contributed by atoms with Gasteiger partial charge in [0.2, 0.25) is 17.6 Å². The van der Waals surface area contributed by atoms with Gasteiger partial charge in [0.1, 0.15) is 5.69 Å². The van der Waals surface area contributed by atoms with E-state index in [-0.39, 0.29) is 34.1 Å². The normalized spacial score (nSPS) is 14.1. The number of halogens is 3. The van der Waals surface area contributed by atoms with Crippen molar-refractivity contribution in [1.82, 2.24) is 25.6 Å². The minimum Gasteiger partial charge on any atom is -0.351 e. The second-order valence-electron chi connectivity index (χ2n) is 11.4. The number of rotatable bonds is 9. The van der Waals surface area contributed by atoms with Gasteiger partial charge in [0, 0.05) is 29.8 Å². The number of hydrogen-bond acceptors (Lipinski definition) is 8. The average Bonchev–Trinajstić information content (AvgIpc) is 3.41. The Kier molecular flexibility index (Phi) is 9.04. The lowest BCUT2D eigenvalue weighted by molar-refractivity contribution is -0.432. The van der Waals surface area contributed by atoms with Crippen molar-refractivity contribution in [3.63, 3.8) is 0 Å². The van der Waals surface area contributed by atoms with Crippen LogP contribution in [0.3, 0.4) is 0 Å². The quantitative estimate of drug-likeness (QED) is 0.129. The number of aromatic nitrogens is 3. The maximum atomic E-state index is 16.1. The number of nitroso groups, excluding NO2 is 1. The molecule has 0 spiro atoms. The summed E-state index contributed by atoms with van der Waals surface area (Å²) in [7, 11) is 1.63. The number of thiazole rings is 1. The summed E-state index contributed by atoms with van der Waals surface area (Å²) < 4.78 is 45.5. The second-order valence-corrected chi connectivity index (χ2v) is 12.4. The zero-order valence-electron chi connectivity index (χ0n) is 24.4. The zero-order chi connectivity index (χ0) is 30.7. The minimum absolute atomic E-state index is 0.108. The van der Waals surface area contributed by atoms with Crippen LogP contribution in [-0.2, 0) is 12.0 Å². The van der Waals surface area contributed by atoms with Crippen LogP contribution >= 0.6 is 11.3 Å². The molecule has 1 aliphatic heterocycles. The van der Waals surface area contributed by atoms with Crippen molar-refractivity contribution in [3.8, 4) is 21.8 Å². The topological polar surface area (TPSA) is 107 Å². The Morgan fingerprint density at radius 2 is 1.79 bits per heavy atom. The van der Waals surface area contributed by atoms with Crippen molar-refractivity contribution in [3.05, 3.63) is 75.5 Å². The molecule has 3 heterocycles. The number of nitrogens with zero attached hydrogens (tertiary/aromatic N) is 4. The highest BCUT2D eigenvalue weighted by atomic mass is 32.1. The first-order valence-electron chi connectivity index (χ1n) is 14.0. The lowest BCUT2D eigenvalue weighted by Gasteiger charge is -2.23. The molecule has 1 saturated heterocycles. The van der Waals surface area contributed by atoms with E-state index >= 15 is 4.39 Å². The van der Waals surface area contributed by atoms with E-state index in [1.54, 1.807) is 31.4 Å². The van der Waals surface area contributed by atoms with E-state index in [0.717, 1.165) is 43.1 Å². The van der Waals surface area contributed by atoms with Gasteiger partial charge in [0.05, 0.1) is 26.2 Å². The third kappa shape index (κ3) is 6.84. The third-order valence-corrected chi connectivity index (χ3v) is 8.47. The minimum atomic E-state index is -1.07. The molecule has 0 bridgehead atoms. The largest absolute Gasteiger partial charge is 0.362 e. The van der Waals surface area contributed by atoms with Gasteiger partial charge in [-0.2, -0.15) is 8.78 Å². The molecule has 0 aliphatic carbocycles. The molecule has 4 aromatic rings. The Balaban J connectivity index is 1.50. The standard InChI is InChI=1S/C30H34F3N8OS/c1-30(2,3)28-39-25(27(43-28)23-10-13-36-29(38-23)37-18-8-11-35-12-9-18)19-6-5-7-22(24(19)33)40-41(42)26-20(31)14-17(16-34-4)15-21(26)32/h5-7,10,13-15,18,34-35H,8-9,11-12,16H2,1-4H3,(H,40,42)(H,36,37,38)/q+1. The van der Waals surface area contributed by atoms with Gasteiger partial charge in [-0.3, -0.25) is 0 Å². The fraction of sp³-hybridized carbons (Fsp3) is 0.367. The summed E-state index contributed by atoms with van der Waals surface area (Å²) >= 11 is 1.40. The molecule has 2 aromatic heterocycles. The van der Waals surface area contributed by atoms with Crippen LogP contribution in [0, 0.1) is 22.4 Å². The molecule has 9 nitrogen and oxygen atoms in total. The van der Waals surface area contributed by atoms with Crippen molar-refractivity contribution in [2.75, 3.05) is 30.9 Å². The summed E-state index contributed by atoms with van der Waals surface area (Å²) in [6.45, 7) is 8.08. The molecule has 43 heavy (non-hydrogen) atoms. The summed E-state index contributed by atoms with van der Waals surface area (Å²) in [5.41, 5.74) is 2.13. The van der Waals surface area contributed by atoms with Gasteiger partial charge in [-0.25, -0.2) is 19.3 Å². The molecule has 0 atom stereocenters. The van der Waals surface area contributed by atoms with Gasteiger partial charge in [-0.1, -0.05) is 26.8 Å². The van der Waals surface area contributed by atoms with Crippen LogP contribution in [0.2, 0.25) is 0 Å². The SMILES string of the molecule is CNCc1cc(F)c([N+](=O)Nc2cccc(-c3nc(C(C)(C)C)sc3-c3ccnc(NC4CCNCC4)n3)c2F)c(F)c1. The maximum absolute atomic E-state index is 16.1. The van der Waals surface area contributed by atoms with E-state index in [1.165, 1.54) is 17.4 Å². The number of nitrogens with one attached hydrogen (secondary N) is 4. The Morgan fingerprint density at radius 1 is 1.07 bits per heavy atom. The molecule has 226 valence electrons. The Labute approximate surface area is 251 Å². The highest BCUT2D eigenvalue weighted by molar-refractivity contribution is 7.15. The van der Waals surface area contributed by atoms with Crippen LogP contribution in [0.5, 0.6) is 0 Å². The monoisotopic (exact) mass is 611 g/mol. The van der Waals surface area contributed by atoms with Crippen LogP contribution in [0.1, 0.15) is 44.2 Å². The molecule has 1 aliphatic rings. The fourth-order valence-electron chi connectivity index (χ4n) is 4.79. The van der Waals surface area contributed by atoms with E-state index in [1.807, 2.05) is 20.8 Å². The molecular weight excluding hydrogens is 577 g/mol. The molecule has 4 N–H and O–H groups in total. The predicted octanol–water partition coefficient (Wildman–Crippen LogP) is 6.30. The number of benzene rings is 2. The van der Waals surface area contributed by atoms with E-state index in [0.29, 0.717) is 27.8 Å². The second kappa shape index (κ2) is 12.7. The lowest BCUT2D eigenvalue weighted by atomic mass is 9.98. The molecule has 0 amide bonds. The first-order chi connectivity index (χ1) is 20.5. The summed E-state index contributed by atoms with van der Waals surface area (Å²) in [6, 6.07) is 8.51. The first kappa shape index (κ1) is 30.5. The number of piperidine rings is 1. The average molecular weight is 612 g/mol. The van der Waals surface area contributed by atoms with Gasteiger partial charge in [-0.05, 0) is 68.9 Å². The molecule has 0 unspecified atom stereocenters. The van der Waals surface area contributed by atoms with Crippen LogP contribution in [0.15, 0.2) is 42.6 Å². The van der Waals surface area contributed by atoms with Crippen molar-refractivity contribution >= 4 is 28.7 Å². The zero-order valence-corrected chi connectivity index (χ0v) is 25.2. The van der Waals surface area contributed by atoms with Crippen LogP contribution in [0.4, 0.5) is 30.5 Å². The van der Waals surface area contributed by atoms with Crippen molar-refractivity contribution < 1.29 is 18.0 Å². The molecule has 2 aromatic carbocycles. The van der Waals surface area contributed by atoms with Crippen molar-refractivity contribution in [2.45, 2.75) is 51.6 Å². The summed E-state index contributed by atoms with van der Waals surface area (Å²) in [6.07, 6.45) is 3.55. The van der Waals surface area contributed by atoms with Gasteiger partial charge in [0.25, 0.3) is 0 Å². The molecule has 13 heteroatoms. The highest BCUT2D eigenvalue weighted by Gasteiger charge is 2.30. The summed E-state index contributed by atoms with van der Waals surface area (Å²) in [5.74, 6) is -2.47. The number of anilines is 2. The summed E-state index contributed by atoms with van der Waals surface area (Å²) in [4.78, 5) is 27.3. The molecule has 1 fully saturated rings. The highest BCUT2D eigenvalue weighted by Crippen LogP contribution is 2.42. The first-order valence-corrected chi connectivity index (χ1v) is 14.8. The molecule has 0 radical (unpaired) electrons.